The third kappa shape index (κ3) is 31.0. The number of carbonyl (C=O) groups is 1. The van der Waals surface area contributed by atoms with Crippen LogP contribution in [0.4, 0.5) is 0 Å². The quantitative estimate of drug-likeness (QED) is 0.236. The van der Waals surface area contributed by atoms with Crippen molar-refractivity contribution in [3.05, 3.63) is 12.2 Å². The van der Waals surface area contributed by atoms with Crippen LogP contribution in [-0.4, -0.2) is 28.3 Å². The molecule has 0 aromatic rings. The third-order valence-electron chi connectivity index (χ3n) is 4.15. The van der Waals surface area contributed by atoms with Crippen molar-refractivity contribution in [2.75, 3.05) is 6.54 Å². The maximum atomic E-state index is 10.3. The van der Waals surface area contributed by atoms with Crippen LogP contribution in [0.25, 0.3) is 0 Å². The molecule has 0 aliphatic rings. The van der Waals surface area contributed by atoms with Gasteiger partial charge in [0.1, 0.15) is 0 Å². The normalized spacial score (nSPS) is 11.4. The Balaban J connectivity index is 0. The van der Waals surface area contributed by atoms with Gasteiger partial charge in [-0.25, -0.2) is 0 Å². The zero-order valence-corrected chi connectivity index (χ0v) is 17.6. The first-order valence-corrected chi connectivity index (χ1v) is 10.6. The van der Waals surface area contributed by atoms with Gasteiger partial charge in [-0.2, -0.15) is 0 Å². The van der Waals surface area contributed by atoms with Crippen LogP contribution in [0.15, 0.2) is 12.2 Å². The SMILES string of the molecule is CC(C)(O)CN.CCCCCCCCC=CCCCCCCCC(=O)O. The van der Waals surface area contributed by atoms with E-state index in [1.807, 2.05) is 0 Å². The molecule has 0 saturated carbocycles. The second kappa shape index (κ2) is 20.4. The Morgan fingerprint density at radius 3 is 1.62 bits per heavy atom. The van der Waals surface area contributed by atoms with Gasteiger partial charge in [0.15, 0.2) is 0 Å². The van der Waals surface area contributed by atoms with E-state index in [1.54, 1.807) is 13.8 Å². The van der Waals surface area contributed by atoms with Crippen LogP contribution < -0.4 is 5.73 Å². The predicted molar refractivity (Wildman–Crippen MR) is 112 cm³/mol. The molecule has 0 atom stereocenters. The summed E-state index contributed by atoms with van der Waals surface area (Å²) in [6, 6.07) is 0. The van der Waals surface area contributed by atoms with Crippen molar-refractivity contribution >= 4 is 5.97 Å². The molecule has 4 nitrogen and oxygen atoms in total. The average Bonchev–Trinajstić information content (AvgIpc) is 2.58. The number of rotatable bonds is 16. The minimum atomic E-state index is -0.681. The van der Waals surface area contributed by atoms with Gasteiger partial charge in [-0.05, 0) is 46.0 Å². The topological polar surface area (TPSA) is 83.5 Å². The van der Waals surface area contributed by atoms with Crippen molar-refractivity contribution in [1.82, 2.24) is 0 Å². The number of unbranched alkanes of at least 4 members (excludes halogenated alkanes) is 11. The van der Waals surface area contributed by atoms with Gasteiger partial charge in [-0.3, -0.25) is 4.79 Å². The summed E-state index contributed by atoms with van der Waals surface area (Å²) in [5.41, 5.74) is 4.38. The maximum Gasteiger partial charge on any atom is 0.303 e. The lowest BCUT2D eigenvalue weighted by molar-refractivity contribution is -0.137. The van der Waals surface area contributed by atoms with E-state index in [0.717, 1.165) is 12.8 Å². The molecule has 0 unspecified atom stereocenters. The van der Waals surface area contributed by atoms with Crippen LogP contribution in [0.1, 0.15) is 111 Å². The predicted octanol–water partition coefficient (Wildman–Crippen LogP) is 5.82. The van der Waals surface area contributed by atoms with Crippen LogP contribution in [0.3, 0.4) is 0 Å². The number of carboxylic acids is 1. The number of carboxylic acid groups (broad SMARTS) is 1. The van der Waals surface area contributed by atoms with E-state index >= 15 is 0 Å². The summed E-state index contributed by atoms with van der Waals surface area (Å²) in [7, 11) is 0. The highest BCUT2D eigenvalue weighted by atomic mass is 16.4. The third-order valence-corrected chi connectivity index (χ3v) is 4.15. The summed E-state index contributed by atoms with van der Waals surface area (Å²) >= 11 is 0. The van der Waals surface area contributed by atoms with Crippen molar-refractivity contribution < 1.29 is 15.0 Å². The molecule has 0 spiro atoms. The first-order chi connectivity index (χ1) is 12.3. The fourth-order valence-electron chi connectivity index (χ4n) is 2.35. The van der Waals surface area contributed by atoms with Gasteiger partial charge < -0.3 is 15.9 Å². The van der Waals surface area contributed by atoms with Gasteiger partial charge in [0, 0.05) is 13.0 Å². The average molecular weight is 372 g/mol. The molecule has 0 radical (unpaired) electrons. The number of aliphatic hydroxyl groups is 1. The van der Waals surface area contributed by atoms with Gasteiger partial charge in [-0.15, -0.1) is 0 Å². The molecule has 0 aliphatic carbocycles. The molecular weight excluding hydrogens is 326 g/mol. The van der Waals surface area contributed by atoms with Crippen molar-refractivity contribution in [3.8, 4) is 0 Å². The molecule has 0 amide bonds. The lowest BCUT2D eigenvalue weighted by Crippen LogP contribution is -2.29. The van der Waals surface area contributed by atoms with Gasteiger partial charge in [0.25, 0.3) is 0 Å². The molecular formula is C22H45NO3. The number of aliphatic carboxylic acids is 1. The molecule has 0 aromatic carbocycles. The van der Waals surface area contributed by atoms with Crippen LogP contribution in [0.5, 0.6) is 0 Å². The van der Waals surface area contributed by atoms with E-state index in [2.05, 4.69) is 19.1 Å². The van der Waals surface area contributed by atoms with Crippen molar-refractivity contribution in [1.29, 1.82) is 0 Å². The molecule has 0 aromatic heterocycles. The Morgan fingerprint density at radius 2 is 1.23 bits per heavy atom. The molecule has 0 bridgehead atoms. The highest BCUT2D eigenvalue weighted by molar-refractivity contribution is 5.66. The summed E-state index contributed by atoms with van der Waals surface area (Å²) in [6.07, 6.45) is 21.2. The summed E-state index contributed by atoms with van der Waals surface area (Å²) in [6.45, 7) is 5.93. The van der Waals surface area contributed by atoms with Crippen molar-refractivity contribution in [2.24, 2.45) is 5.73 Å². The van der Waals surface area contributed by atoms with Gasteiger partial charge in [-0.1, -0.05) is 70.4 Å². The first kappa shape index (κ1) is 27.3. The number of allylic oxidation sites excluding steroid dienone is 2. The molecule has 26 heavy (non-hydrogen) atoms. The first-order valence-electron chi connectivity index (χ1n) is 10.6. The molecule has 156 valence electrons. The standard InChI is InChI=1S/C18H34O2.C4H11NO/c1-2-3-4-5-6-7-8-9-10-11-12-13-14-15-16-17-18(19)20;1-4(2,6)3-5/h9-10H,2-8,11-17H2,1H3,(H,19,20);6H,3,5H2,1-2H3. The van der Waals surface area contributed by atoms with Crippen LogP contribution >= 0.6 is 0 Å². The summed E-state index contributed by atoms with van der Waals surface area (Å²) < 4.78 is 0. The minimum absolute atomic E-state index is 0.326. The number of hydrogen-bond donors (Lipinski definition) is 3. The van der Waals surface area contributed by atoms with E-state index in [-0.39, 0.29) is 0 Å². The zero-order valence-electron chi connectivity index (χ0n) is 17.6. The molecule has 0 rings (SSSR count). The summed E-state index contributed by atoms with van der Waals surface area (Å²) in [5.74, 6) is -0.664. The Bertz CT molecular complexity index is 322. The van der Waals surface area contributed by atoms with E-state index in [9.17, 15) is 4.79 Å². The number of nitrogens with two attached hydrogens (primary N) is 1. The highest BCUT2D eigenvalue weighted by Gasteiger charge is 2.06. The van der Waals surface area contributed by atoms with Crippen molar-refractivity contribution in [3.63, 3.8) is 0 Å². The summed E-state index contributed by atoms with van der Waals surface area (Å²) in [4.78, 5) is 10.3. The minimum Gasteiger partial charge on any atom is -0.481 e. The van der Waals surface area contributed by atoms with Gasteiger partial charge >= 0.3 is 5.97 Å². The van der Waals surface area contributed by atoms with Gasteiger partial charge in [0.05, 0.1) is 5.60 Å². The Hall–Kier alpha value is -0.870. The van der Waals surface area contributed by atoms with Crippen LogP contribution in [0.2, 0.25) is 0 Å². The largest absolute Gasteiger partial charge is 0.481 e. The zero-order chi connectivity index (χ0) is 20.1. The Labute approximate surface area is 162 Å². The summed E-state index contributed by atoms with van der Waals surface area (Å²) in [5, 5.41) is 17.2. The molecule has 0 saturated heterocycles. The Kier molecular flexibility index (Phi) is 21.5. The monoisotopic (exact) mass is 371 g/mol. The van der Waals surface area contributed by atoms with E-state index in [1.165, 1.54) is 70.6 Å². The highest BCUT2D eigenvalue weighted by Crippen LogP contribution is 2.09. The second-order valence-electron chi connectivity index (χ2n) is 7.74. The van der Waals surface area contributed by atoms with Crippen LogP contribution in [0, 0.1) is 0 Å². The molecule has 0 aliphatic heterocycles. The van der Waals surface area contributed by atoms with E-state index in [4.69, 9.17) is 15.9 Å². The van der Waals surface area contributed by atoms with E-state index in [0.29, 0.717) is 13.0 Å². The smallest absolute Gasteiger partial charge is 0.303 e. The lowest BCUT2D eigenvalue weighted by atomic mass is 10.1. The van der Waals surface area contributed by atoms with Crippen LogP contribution in [-0.2, 0) is 4.79 Å². The second-order valence-corrected chi connectivity index (χ2v) is 7.74. The van der Waals surface area contributed by atoms with E-state index < -0.39 is 11.6 Å². The molecule has 4 heteroatoms. The Morgan fingerprint density at radius 1 is 0.846 bits per heavy atom. The molecule has 0 fully saturated rings. The van der Waals surface area contributed by atoms with Crippen molar-refractivity contribution in [2.45, 2.75) is 116 Å². The fourth-order valence-corrected chi connectivity index (χ4v) is 2.35. The number of hydrogen-bond acceptors (Lipinski definition) is 3. The molecule has 4 N–H and O–H groups in total. The molecule has 0 heterocycles. The lowest BCUT2D eigenvalue weighted by Gasteiger charge is -2.11. The van der Waals surface area contributed by atoms with Gasteiger partial charge in [0.2, 0.25) is 0 Å². The maximum absolute atomic E-state index is 10.3. The fraction of sp³-hybridized carbons (Fsp3) is 0.864.